The summed E-state index contributed by atoms with van der Waals surface area (Å²) in [6.07, 6.45) is 4.00. The molecular formula is C29H21F2N2O+. The van der Waals surface area contributed by atoms with Crippen molar-refractivity contribution in [2.75, 3.05) is 0 Å². The molecule has 3 nitrogen and oxygen atoms in total. The second-order valence-corrected chi connectivity index (χ2v) is 8.48. The smallest absolute Gasteiger partial charge is 0.297 e. The fourth-order valence-electron chi connectivity index (χ4n) is 4.78. The fraction of sp³-hybridized carbons (Fsp3) is 0.0690. The Morgan fingerprint density at radius 2 is 1.65 bits per heavy atom. The van der Waals surface area contributed by atoms with Gasteiger partial charge in [-0.3, -0.25) is 0 Å². The van der Waals surface area contributed by atoms with Crippen molar-refractivity contribution in [2.24, 2.45) is 7.05 Å². The number of halogens is 2. The Kier molecular flexibility index (Phi) is 4.59. The lowest BCUT2D eigenvalue weighted by Gasteiger charge is -2.10. The number of imidazole rings is 1. The van der Waals surface area contributed by atoms with E-state index in [2.05, 4.69) is 28.8 Å². The Hall–Kier alpha value is -4.25. The number of fused-ring (bicyclic) bond motifs is 3. The lowest BCUT2D eigenvalue weighted by atomic mass is 10.0. The number of hydrogen-bond donors (Lipinski definition) is 0. The van der Waals surface area contributed by atoms with Crippen molar-refractivity contribution in [3.05, 3.63) is 108 Å². The van der Waals surface area contributed by atoms with Gasteiger partial charge in [0.25, 0.3) is 5.82 Å². The molecule has 5 heteroatoms. The topological polar surface area (TPSA) is 21.9 Å². The van der Waals surface area contributed by atoms with E-state index in [1.807, 2.05) is 73.4 Å². The average Bonchev–Trinajstić information content (AvgIpc) is 3.40. The van der Waals surface area contributed by atoms with Gasteiger partial charge in [-0.2, -0.15) is 4.57 Å². The Balaban J connectivity index is 1.67. The highest BCUT2D eigenvalue weighted by Crippen LogP contribution is 2.39. The first kappa shape index (κ1) is 20.4. The third-order valence-corrected chi connectivity index (χ3v) is 6.34. The largest absolute Gasteiger partial charge is 0.455 e. The Morgan fingerprint density at radius 3 is 2.47 bits per heavy atom. The van der Waals surface area contributed by atoms with E-state index in [1.165, 1.54) is 6.07 Å². The summed E-state index contributed by atoms with van der Waals surface area (Å²) in [5, 5.41) is 0.917. The van der Waals surface area contributed by atoms with Gasteiger partial charge in [-0.1, -0.05) is 60.7 Å². The molecule has 0 bridgehead atoms. The SMILES string of the molecule is Cc1ccc2c(oc3cc(F)cc(F)c32)c1-c1n(-c2ccccc2-c2ccccc2)cc[n+]1C. The number of aromatic nitrogens is 2. The summed E-state index contributed by atoms with van der Waals surface area (Å²) < 4.78 is 38.9. The van der Waals surface area contributed by atoms with Gasteiger partial charge in [0.2, 0.25) is 0 Å². The van der Waals surface area contributed by atoms with Crippen LogP contribution in [0.25, 0.3) is 50.1 Å². The summed E-state index contributed by atoms with van der Waals surface area (Å²) in [5.41, 5.74) is 5.75. The second-order valence-electron chi connectivity index (χ2n) is 8.48. The van der Waals surface area contributed by atoms with E-state index in [4.69, 9.17) is 4.42 Å². The van der Waals surface area contributed by atoms with E-state index in [-0.39, 0.29) is 5.58 Å². The van der Waals surface area contributed by atoms with Gasteiger partial charge in [0, 0.05) is 23.1 Å². The van der Waals surface area contributed by atoms with Crippen LogP contribution in [0, 0.1) is 18.6 Å². The van der Waals surface area contributed by atoms with Crippen LogP contribution in [-0.2, 0) is 7.05 Å². The lowest BCUT2D eigenvalue weighted by molar-refractivity contribution is -0.659. The van der Waals surface area contributed by atoms with Gasteiger partial charge in [0.15, 0.2) is 5.58 Å². The molecule has 0 N–H and O–H groups in total. The van der Waals surface area contributed by atoms with Crippen molar-refractivity contribution < 1.29 is 17.8 Å². The zero-order chi connectivity index (χ0) is 23.4. The van der Waals surface area contributed by atoms with Crippen LogP contribution < -0.4 is 4.57 Å². The number of rotatable bonds is 3. The molecule has 166 valence electrons. The minimum Gasteiger partial charge on any atom is -0.455 e. The van der Waals surface area contributed by atoms with Crippen molar-refractivity contribution >= 4 is 21.9 Å². The third kappa shape index (κ3) is 3.05. The first-order valence-corrected chi connectivity index (χ1v) is 11.1. The summed E-state index contributed by atoms with van der Waals surface area (Å²) in [4.78, 5) is 0. The number of nitrogens with zero attached hydrogens (tertiary/aromatic N) is 2. The molecule has 0 amide bonds. The van der Waals surface area contributed by atoms with Gasteiger partial charge in [-0.15, -0.1) is 0 Å². The Labute approximate surface area is 195 Å². The van der Waals surface area contributed by atoms with E-state index in [0.717, 1.165) is 39.8 Å². The highest BCUT2D eigenvalue weighted by Gasteiger charge is 2.28. The van der Waals surface area contributed by atoms with Gasteiger partial charge >= 0.3 is 0 Å². The van der Waals surface area contributed by atoms with E-state index in [1.54, 1.807) is 0 Å². The van der Waals surface area contributed by atoms with Gasteiger partial charge in [-0.25, -0.2) is 13.3 Å². The van der Waals surface area contributed by atoms with Crippen molar-refractivity contribution in [2.45, 2.75) is 6.92 Å². The van der Waals surface area contributed by atoms with Crippen LogP contribution in [0.4, 0.5) is 8.78 Å². The molecule has 0 saturated heterocycles. The molecule has 0 radical (unpaired) electrons. The van der Waals surface area contributed by atoms with E-state index in [9.17, 15) is 8.78 Å². The fourth-order valence-corrected chi connectivity index (χ4v) is 4.78. The van der Waals surface area contributed by atoms with E-state index in [0.29, 0.717) is 16.4 Å². The summed E-state index contributed by atoms with van der Waals surface area (Å²) in [6.45, 7) is 2.00. The quantitative estimate of drug-likeness (QED) is 0.263. The zero-order valence-corrected chi connectivity index (χ0v) is 18.7. The number of hydrogen-bond acceptors (Lipinski definition) is 1. The minimum atomic E-state index is -0.659. The second kappa shape index (κ2) is 7.66. The van der Waals surface area contributed by atoms with Crippen LogP contribution in [0.15, 0.2) is 95.7 Å². The zero-order valence-electron chi connectivity index (χ0n) is 18.7. The molecule has 0 aliphatic heterocycles. The molecular weight excluding hydrogens is 430 g/mol. The molecule has 0 aliphatic carbocycles. The Morgan fingerprint density at radius 1 is 0.882 bits per heavy atom. The predicted molar refractivity (Wildman–Crippen MR) is 130 cm³/mol. The number of para-hydroxylation sites is 1. The third-order valence-electron chi connectivity index (χ3n) is 6.34. The molecule has 0 unspecified atom stereocenters. The van der Waals surface area contributed by atoms with E-state index < -0.39 is 11.6 Å². The van der Waals surface area contributed by atoms with Crippen LogP contribution in [0.2, 0.25) is 0 Å². The van der Waals surface area contributed by atoms with Crippen molar-refractivity contribution in [1.82, 2.24) is 4.57 Å². The molecule has 0 saturated carbocycles. The van der Waals surface area contributed by atoms with Crippen molar-refractivity contribution in [3.63, 3.8) is 0 Å². The molecule has 0 spiro atoms. The average molecular weight is 451 g/mol. The molecule has 6 aromatic rings. The maximum absolute atomic E-state index is 14.7. The highest BCUT2D eigenvalue weighted by molar-refractivity contribution is 6.09. The van der Waals surface area contributed by atoms with Crippen LogP contribution in [-0.4, -0.2) is 4.57 Å². The summed E-state index contributed by atoms with van der Waals surface area (Å²) in [5.74, 6) is -0.405. The maximum atomic E-state index is 14.7. The van der Waals surface area contributed by atoms with Crippen LogP contribution in [0.3, 0.4) is 0 Å². The standard InChI is InChI=1S/C29H21F2N2O/c1-18-12-13-22-27-23(31)16-20(30)17-25(27)34-28(22)26(18)29-32(2)14-15-33(29)24-11-7-6-10-21(24)19-8-4-3-5-9-19/h3-17H,1-2H3/q+1. The molecule has 34 heavy (non-hydrogen) atoms. The Bertz CT molecular complexity index is 1700. The highest BCUT2D eigenvalue weighted by atomic mass is 19.1. The number of furan rings is 1. The monoisotopic (exact) mass is 451 g/mol. The summed E-state index contributed by atoms with van der Waals surface area (Å²) in [6, 6.07) is 24.4. The molecule has 0 atom stereocenters. The minimum absolute atomic E-state index is 0.199. The van der Waals surface area contributed by atoms with Crippen molar-refractivity contribution in [1.29, 1.82) is 0 Å². The first-order chi connectivity index (χ1) is 16.5. The van der Waals surface area contributed by atoms with Crippen LogP contribution >= 0.6 is 0 Å². The molecule has 6 rings (SSSR count). The first-order valence-electron chi connectivity index (χ1n) is 11.1. The lowest BCUT2D eigenvalue weighted by Crippen LogP contribution is -2.29. The normalized spacial score (nSPS) is 11.5. The van der Waals surface area contributed by atoms with E-state index >= 15 is 0 Å². The van der Waals surface area contributed by atoms with Gasteiger partial charge < -0.3 is 4.42 Å². The molecule has 2 aromatic heterocycles. The van der Waals surface area contributed by atoms with Crippen LogP contribution in [0.1, 0.15) is 5.56 Å². The molecule has 2 heterocycles. The molecule has 0 fully saturated rings. The number of aryl methyl sites for hydroxylation is 2. The van der Waals surface area contributed by atoms with Gasteiger partial charge in [0.1, 0.15) is 40.9 Å². The van der Waals surface area contributed by atoms with Gasteiger partial charge in [0.05, 0.1) is 12.4 Å². The summed E-state index contributed by atoms with van der Waals surface area (Å²) >= 11 is 0. The maximum Gasteiger partial charge on any atom is 0.297 e. The number of benzene rings is 4. The van der Waals surface area contributed by atoms with Gasteiger partial charge in [-0.05, 0) is 24.1 Å². The predicted octanol–water partition coefficient (Wildman–Crippen LogP) is 7.12. The molecule has 4 aromatic carbocycles. The molecule has 0 aliphatic rings. The van der Waals surface area contributed by atoms with Crippen LogP contribution in [0.5, 0.6) is 0 Å². The summed E-state index contributed by atoms with van der Waals surface area (Å²) in [7, 11) is 1.97. The van der Waals surface area contributed by atoms with Crippen molar-refractivity contribution in [3.8, 4) is 28.2 Å².